The summed E-state index contributed by atoms with van der Waals surface area (Å²) in [5.74, 6) is 2.99. The highest BCUT2D eigenvalue weighted by molar-refractivity contribution is 7.99. The third kappa shape index (κ3) is 5.45. The highest BCUT2D eigenvalue weighted by atomic mass is 35.5. The van der Waals surface area contributed by atoms with E-state index in [4.69, 9.17) is 11.6 Å². The lowest BCUT2D eigenvalue weighted by atomic mass is 10.1. The van der Waals surface area contributed by atoms with Gasteiger partial charge in [-0.3, -0.25) is 0 Å². The fraction of sp³-hybridized carbons (Fsp3) is 0.500. The van der Waals surface area contributed by atoms with Crippen molar-refractivity contribution in [2.24, 2.45) is 0 Å². The number of nitrogens with one attached hydrogen (secondary N) is 1. The summed E-state index contributed by atoms with van der Waals surface area (Å²) < 4.78 is 0. The molecule has 3 heteroatoms. The molecule has 0 saturated heterocycles. The minimum Gasteiger partial charge on any atom is -0.312 e. The van der Waals surface area contributed by atoms with Gasteiger partial charge < -0.3 is 5.32 Å². The van der Waals surface area contributed by atoms with E-state index in [9.17, 15) is 0 Å². The Morgan fingerprint density at radius 2 is 1.87 bits per heavy atom. The van der Waals surface area contributed by atoms with E-state index in [0.717, 1.165) is 13.1 Å². The van der Waals surface area contributed by atoms with E-state index >= 15 is 0 Å². The van der Waals surface area contributed by atoms with E-state index in [1.54, 1.807) is 0 Å². The first-order valence-corrected chi connectivity index (χ1v) is 6.98. The van der Waals surface area contributed by atoms with Crippen LogP contribution >= 0.6 is 23.4 Å². The van der Waals surface area contributed by atoms with Crippen LogP contribution in [0.3, 0.4) is 0 Å². The van der Waals surface area contributed by atoms with Crippen molar-refractivity contribution >= 4 is 23.4 Å². The van der Waals surface area contributed by atoms with Crippen molar-refractivity contribution in [3.63, 3.8) is 0 Å². The van der Waals surface area contributed by atoms with Crippen LogP contribution in [0.15, 0.2) is 24.3 Å². The number of hydrogen-bond donors (Lipinski definition) is 1. The van der Waals surface area contributed by atoms with Crippen molar-refractivity contribution < 1.29 is 0 Å². The third-order valence-electron chi connectivity index (χ3n) is 2.13. The molecule has 0 saturated carbocycles. The van der Waals surface area contributed by atoms with Gasteiger partial charge in [0.25, 0.3) is 0 Å². The average molecular weight is 244 g/mol. The molecular weight excluding hydrogens is 226 g/mol. The van der Waals surface area contributed by atoms with Gasteiger partial charge in [0.1, 0.15) is 0 Å². The first-order chi connectivity index (χ1) is 7.36. The smallest absolute Gasteiger partial charge is 0.0474 e. The van der Waals surface area contributed by atoms with Crippen molar-refractivity contribution in [3.05, 3.63) is 35.4 Å². The molecule has 0 bridgehead atoms. The Kier molecular flexibility index (Phi) is 6.90. The molecule has 0 heterocycles. The molecule has 0 atom stereocenters. The SMILES string of the molecule is CCSCCNCc1ccc(CCl)cc1. The minimum atomic E-state index is 0.598. The molecule has 1 aromatic carbocycles. The molecule has 0 aliphatic heterocycles. The van der Waals surface area contributed by atoms with E-state index in [0.29, 0.717) is 5.88 Å². The summed E-state index contributed by atoms with van der Waals surface area (Å²) >= 11 is 7.69. The van der Waals surface area contributed by atoms with Crippen molar-refractivity contribution in [3.8, 4) is 0 Å². The molecule has 1 aromatic rings. The predicted octanol–water partition coefficient (Wildman–Crippen LogP) is 3.27. The summed E-state index contributed by atoms with van der Waals surface area (Å²) in [5.41, 5.74) is 2.51. The molecule has 0 aliphatic rings. The zero-order valence-corrected chi connectivity index (χ0v) is 10.7. The Morgan fingerprint density at radius 3 is 2.47 bits per heavy atom. The molecule has 0 aliphatic carbocycles. The number of thioether (sulfide) groups is 1. The van der Waals surface area contributed by atoms with Crippen LogP contribution in [0.2, 0.25) is 0 Å². The first-order valence-electron chi connectivity index (χ1n) is 5.29. The monoisotopic (exact) mass is 243 g/mol. The molecule has 0 radical (unpaired) electrons. The fourth-order valence-electron chi connectivity index (χ4n) is 1.27. The van der Waals surface area contributed by atoms with Crippen LogP contribution in [0.4, 0.5) is 0 Å². The van der Waals surface area contributed by atoms with Crippen LogP contribution in [-0.2, 0) is 12.4 Å². The van der Waals surface area contributed by atoms with Crippen LogP contribution in [-0.4, -0.2) is 18.1 Å². The second-order valence-electron chi connectivity index (χ2n) is 3.32. The van der Waals surface area contributed by atoms with Gasteiger partial charge in [-0.2, -0.15) is 11.8 Å². The lowest BCUT2D eigenvalue weighted by Crippen LogP contribution is -2.16. The Bertz CT molecular complexity index is 261. The van der Waals surface area contributed by atoms with Gasteiger partial charge in [-0.15, -0.1) is 11.6 Å². The summed E-state index contributed by atoms with van der Waals surface area (Å²) in [7, 11) is 0. The highest BCUT2D eigenvalue weighted by Gasteiger charge is 1.93. The largest absolute Gasteiger partial charge is 0.312 e. The minimum absolute atomic E-state index is 0.598. The van der Waals surface area contributed by atoms with Gasteiger partial charge in [0, 0.05) is 24.7 Å². The maximum atomic E-state index is 5.72. The van der Waals surface area contributed by atoms with Crippen LogP contribution in [0, 0.1) is 0 Å². The lowest BCUT2D eigenvalue weighted by molar-refractivity contribution is 0.732. The van der Waals surface area contributed by atoms with Crippen molar-refractivity contribution in [2.45, 2.75) is 19.3 Å². The molecule has 1 nitrogen and oxygen atoms in total. The molecule has 0 amide bonds. The second-order valence-corrected chi connectivity index (χ2v) is 4.98. The number of alkyl halides is 1. The zero-order valence-electron chi connectivity index (χ0n) is 9.13. The molecule has 1 rings (SSSR count). The molecule has 15 heavy (non-hydrogen) atoms. The Balaban J connectivity index is 2.20. The average Bonchev–Trinajstić information content (AvgIpc) is 2.30. The van der Waals surface area contributed by atoms with Gasteiger partial charge in [-0.05, 0) is 16.9 Å². The second kappa shape index (κ2) is 8.03. The highest BCUT2D eigenvalue weighted by Crippen LogP contribution is 2.06. The van der Waals surface area contributed by atoms with E-state index in [1.807, 2.05) is 11.8 Å². The van der Waals surface area contributed by atoms with Gasteiger partial charge in [-0.25, -0.2) is 0 Å². The van der Waals surface area contributed by atoms with Crippen LogP contribution in [0.5, 0.6) is 0 Å². The maximum Gasteiger partial charge on any atom is 0.0474 e. The van der Waals surface area contributed by atoms with E-state index in [2.05, 4.69) is 36.5 Å². The molecule has 0 unspecified atom stereocenters. The summed E-state index contributed by atoms with van der Waals surface area (Å²) in [4.78, 5) is 0. The molecule has 1 N–H and O–H groups in total. The quantitative estimate of drug-likeness (QED) is 0.583. The number of halogens is 1. The first kappa shape index (κ1) is 12.9. The van der Waals surface area contributed by atoms with E-state index in [1.165, 1.54) is 22.6 Å². The summed E-state index contributed by atoms with van der Waals surface area (Å²) in [6.45, 7) is 4.22. The maximum absolute atomic E-state index is 5.72. The van der Waals surface area contributed by atoms with Crippen molar-refractivity contribution in [1.29, 1.82) is 0 Å². The Labute approximate surface area is 102 Å². The van der Waals surface area contributed by atoms with Crippen molar-refractivity contribution in [2.75, 3.05) is 18.1 Å². The molecule has 0 fully saturated rings. The Hall–Kier alpha value is -0.180. The number of hydrogen-bond acceptors (Lipinski definition) is 2. The topological polar surface area (TPSA) is 12.0 Å². The van der Waals surface area contributed by atoms with E-state index in [-0.39, 0.29) is 0 Å². The van der Waals surface area contributed by atoms with Gasteiger partial charge in [0.05, 0.1) is 0 Å². The third-order valence-corrected chi connectivity index (χ3v) is 3.34. The van der Waals surface area contributed by atoms with Crippen molar-refractivity contribution in [1.82, 2.24) is 5.32 Å². The summed E-state index contributed by atoms with van der Waals surface area (Å²) in [6.07, 6.45) is 0. The summed E-state index contributed by atoms with van der Waals surface area (Å²) in [6, 6.07) is 8.45. The van der Waals surface area contributed by atoms with Gasteiger partial charge in [0.15, 0.2) is 0 Å². The lowest BCUT2D eigenvalue weighted by Gasteiger charge is -2.04. The van der Waals surface area contributed by atoms with Crippen LogP contribution in [0.25, 0.3) is 0 Å². The number of rotatable bonds is 7. The van der Waals surface area contributed by atoms with Gasteiger partial charge in [0.2, 0.25) is 0 Å². The Morgan fingerprint density at radius 1 is 1.20 bits per heavy atom. The molecule has 0 spiro atoms. The van der Waals surface area contributed by atoms with Gasteiger partial charge >= 0.3 is 0 Å². The van der Waals surface area contributed by atoms with Crippen LogP contribution in [0.1, 0.15) is 18.1 Å². The predicted molar refractivity (Wildman–Crippen MR) is 70.7 cm³/mol. The molecule has 84 valence electrons. The summed E-state index contributed by atoms with van der Waals surface area (Å²) in [5, 5.41) is 3.42. The molecule has 0 aromatic heterocycles. The standard InChI is InChI=1S/C12H18ClNS/c1-2-15-8-7-14-10-12-5-3-11(9-13)4-6-12/h3-6,14H,2,7-10H2,1H3. The molecular formula is C12H18ClNS. The zero-order chi connectivity index (χ0) is 10.9. The fourth-order valence-corrected chi connectivity index (χ4v) is 2.02. The van der Waals surface area contributed by atoms with E-state index < -0.39 is 0 Å². The van der Waals surface area contributed by atoms with Crippen LogP contribution < -0.4 is 5.32 Å². The normalized spacial score (nSPS) is 10.5. The van der Waals surface area contributed by atoms with Gasteiger partial charge in [-0.1, -0.05) is 31.2 Å². The number of benzene rings is 1.